The molecule has 0 aliphatic rings. The van der Waals surface area contributed by atoms with E-state index >= 15 is 0 Å². The van der Waals surface area contributed by atoms with Gasteiger partial charge in [0.15, 0.2) is 0 Å². The molecule has 0 aliphatic carbocycles. The second kappa shape index (κ2) is 32.1. The first-order valence-corrected chi connectivity index (χ1v) is 24.6. The van der Waals surface area contributed by atoms with Gasteiger partial charge in [-0.25, -0.2) is 0 Å². The quantitative estimate of drug-likeness (QED) is 0.129. The predicted molar refractivity (Wildman–Crippen MR) is 290 cm³/mol. The van der Waals surface area contributed by atoms with Crippen LogP contribution in [-0.4, -0.2) is 0 Å². The fourth-order valence-corrected chi connectivity index (χ4v) is 6.51. The van der Waals surface area contributed by atoms with E-state index in [1.807, 2.05) is 0 Å². The minimum atomic E-state index is 0.285. The molecule has 0 saturated carbocycles. The maximum atomic E-state index is 2.27. The van der Waals surface area contributed by atoms with Crippen molar-refractivity contribution in [1.29, 1.82) is 0 Å². The van der Waals surface area contributed by atoms with E-state index in [0.717, 1.165) is 5.92 Å². The van der Waals surface area contributed by atoms with Crippen LogP contribution in [0.3, 0.4) is 0 Å². The lowest BCUT2D eigenvalue weighted by atomic mass is 9.87. The van der Waals surface area contributed by atoms with Crippen LogP contribution in [0, 0.1) is 47.5 Å². The summed E-state index contributed by atoms with van der Waals surface area (Å²) in [5.41, 5.74) is 17.0. The van der Waals surface area contributed by atoms with Gasteiger partial charge in [0.2, 0.25) is 0 Å². The van der Waals surface area contributed by atoms with Gasteiger partial charge >= 0.3 is 0 Å². The second-order valence-electron chi connectivity index (χ2n) is 19.8. The zero-order valence-corrected chi connectivity index (χ0v) is 44.0. The van der Waals surface area contributed by atoms with Gasteiger partial charge in [-0.1, -0.05) is 268 Å². The molecule has 0 fully saturated rings. The molecule has 0 amide bonds. The molecule has 0 heterocycles. The molecule has 348 valence electrons. The lowest BCUT2D eigenvalue weighted by molar-refractivity contribution is 0.590. The highest BCUT2D eigenvalue weighted by molar-refractivity contribution is 5.28. The normalized spacial score (nSPS) is 10.9. The van der Waals surface area contributed by atoms with Crippen LogP contribution in [-0.2, 0) is 24.7 Å². The number of hydrogen-bond acceptors (Lipinski definition) is 0. The smallest absolute Gasteiger partial charge is 0.0132 e. The summed E-state index contributed by atoms with van der Waals surface area (Å²) in [5, 5.41) is 0. The zero-order valence-electron chi connectivity index (χ0n) is 44.0. The number of hydrogen-bond donors (Lipinski definition) is 0. The molecule has 0 aliphatic heterocycles. The van der Waals surface area contributed by atoms with Gasteiger partial charge in [-0.3, -0.25) is 0 Å². The zero-order chi connectivity index (χ0) is 48.1. The number of unbranched alkanes of at least 4 members (excludes halogenated alkanes) is 1. The summed E-state index contributed by atoms with van der Waals surface area (Å²) in [7, 11) is 0. The summed E-state index contributed by atoms with van der Waals surface area (Å²) in [6, 6.07) is 52.6. The van der Waals surface area contributed by atoms with Crippen molar-refractivity contribution in [2.75, 3.05) is 0 Å². The van der Waals surface area contributed by atoms with E-state index in [-0.39, 0.29) is 5.41 Å². The fourth-order valence-electron chi connectivity index (χ4n) is 6.51. The van der Waals surface area contributed by atoms with Crippen LogP contribution >= 0.6 is 0 Å². The van der Waals surface area contributed by atoms with Crippen molar-refractivity contribution >= 4 is 0 Å². The molecule has 0 nitrogen and oxygen atoms in total. The monoisotopic (exact) mass is 861 g/mol. The molecule has 0 spiro atoms. The van der Waals surface area contributed by atoms with E-state index in [0.29, 0.717) is 11.8 Å². The van der Waals surface area contributed by atoms with Crippen LogP contribution in [0.1, 0.15) is 180 Å². The van der Waals surface area contributed by atoms with Gasteiger partial charge in [-0.05, 0) is 130 Å². The van der Waals surface area contributed by atoms with Gasteiger partial charge in [0.1, 0.15) is 0 Å². The van der Waals surface area contributed by atoms with E-state index in [2.05, 4.69) is 263 Å². The molecule has 0 saturated heterocycles. The van der Waals surface area contributed by atoms with Crippen molar-refractivity contribution in [3.8, 4) is 0 Å². The number of aryl methyl sites for hydroxylation is 8. The van der Waals surface area contributed by atoms with Crippen LogP contribution in [0.2, 0.25) is 0 Å². The van der Waals surface area contributed by atoms with Gasteiger partial charge in [-0.2, -0.15) is 0 Å². The molecule has 0 bridgehead atoms. The third kappa shape index (κ3) is 26.8. The third-order valence-corrected chi connectivity index (χ3v) is 11.3. The molecule has 6 aromatic rings. The number of benzene rings is 6. The lowest BCUT2D eigenvalue weighted by Crippen LogP contribution is -2.10. The summed E-state index contributed by atoms with van der Waals surface area (Å²) >= 11 is 0. The summed E-state index contributed by atoms with van der Waals surface area (Å²) < 4.78 is 0. The Labute approximate surface area is 396 Å². The number of rotatable bonds is 10. The Morgan fingerprint density at radius 2 is 0.703 bits per heavy atom. The molecular formula is C64H92. The first-order chi connectivity index (χ1) is 30.3. The van der Waals surface area contributed by atoms with Crippen molar-refractivity contribution in [3.63, 3.8) is 0 Å². The van der Waals surface area contributed by atoms with Crippen LogP contribution in [0.25, 0.3) is 0 Å². The van der Waals surface area contributed by atoms with Crippen LogP contribution in [0.15, 0.2) is 146 Å². The van der Waals surface area contributed by atoms with E-state index in [1.54, 1.807) is 0 Å². The van der Waals surface area contributed by atoms with Crippen molar-refractivity contribution < 1.29 is 0 Å². The van der Waals surface area contributed by atoms with Gasteiger partial charge in [0.05, 0.1) is 0 Å². The van der Waals surface area contributed by atoms with Gasteiger partial charge in [0.25, 0.3) is 0 Å². The third-order valence-electron chi connectivity index (χ3n) is 11.3. The second-order valence-corrected chi connectivity index (χ2v) is 19.8. The molecule has 0 N–H and O–H groups in total. The molecular weight excluding hydrogens is 769 g/mol. The van der Waals surface area contributed by atoms with Crippen molar-refractivity contribution in [3.05, 3.63) is 212 Å². The standard InChI is InChI=1S/4C11H16.2C10H14/c1-9-5-7-10(8-6-9)11(2,3)4;1-9(2)8-11-6-4-10(3)5-7-11;1-4-10(3)11-7-5-9(2)6-8-11;1-3-4-5-11-8-6-10(2)7-9-11;1-8(2)10-6-4-9(3)5-7-10;1-3-4-10-7-5-9(2)6-8-10/h5-8H,1-4H3;4-7,9H,8H2,1-3H3;5-8,10H,4H2,1-3H3;6-9H,3-5H2,1-2H3;4-8H,1-3H3;5-8H,3-4H2,1-2H3. The largest absolute Gasteiger partial charge is 0.0654 e. The molecule has 1 unspecified atom stereocenters. The maximum Gasteiger partial charge on any atom is -0.0132 e. The van der Waals surface area contributed by atoms with Gasteiger partial charge < -0.3 is 0 Å². The van der Waals surface area contributed by atoms with Crippen molar-refractivity contribution in [1.82, 2.24) is 0 Å². The van der Waals surface area contributed by atoms with Crippen LogP contribution < -0.4 is 0 Å². The SMILES string of the molecule is CCC(C)c1ccc(C)cc1.CCCCc1ccc(C)cc1.CCCc1ccc(C)cc1.Cc1ccc(C(C)(C)C)cc1.Cc1ccc(C(C)C)cc1.Cc1ccc(CC(C)C)cc1. The molecule has 64 heavy (non-hydrogen) atoms. The summed E-state index contributed by atoms with van der Waals surface area (Å²) in [4.78, 5) is 0. The Bertz CT molecular complexity index is 2000. The summed E-state index contributed by atoms with van der Waals surface area (Å²) in [6.45, 7) is 37.3. The molecule has 6 aromatic carbocycles. The van der Waals surface area contributed by atoms with Crippen LogP contribution in [0.4, 0.5) is 0 Å². The molecule has 6 rings (SSSR count). The Balaban J connectivity index is 0.000000384. The van der Waals surface area contributed by atoms with Gasteiger partial charge in [-0.15, -0.1) is 0 Å². The lowest BCUT2D eigenvalue weighted by Gasteiger charge is -2.18. The van der Waals surface area contributed by atoms with Crippen LogP contribution in [0.5, 0.6) is 0 Å². The average molecular weight is 861 g/mol. The van der Waals surface area contributed by atoms with Crippen molar-refractivity contribution in [2.24, 2.45) is 5.92 Å². The summed E-state index contributed by atoms with van der Waals surface area (Å²) in [6.07, 6.45) is 8.69. The molecule has 0 radical (unpaired) electrons. The van der Waals surface area contributed by atoms with Crippen molar-refractivity contribution in [2.45, 2.75) is 180 Å². The fraction of sp³-hybridized carbons (Fsp3) is 0.438. The minimum absolute atomic E-state index is 0.285. The molecule has 1 atom stereocenters. The highest BCUT2D eigenvalue weighted by Crippen LogP contribution is 2.22. The Morgan fingerprint density at radius 1 is 0.375 bits per heavy atom. The highest BCUT2D eigenvalue weighted by atomic mass is 14.2. The van der Waals surface area contributed by atoms with E-state index in [1.165, 1.54) is 112 Å². The highest BCUT2D eigenvalue weighted by Gasteiger charge is 2.12. The summed E-state index contributed by atoms with van der Waals surface area (Å²) in [5.74, 6) is 2.12. The maximum absolute atomic E-state index is 2.27. The average Bonchev–Trinajstić information content (AvgIpc) is 3.26. The predicted octanol–water partition coefficient (Wildman–Crippen LogP) is 19.4. The minimum Gasteiger partial charge on any atom is -0.0654 e. The Hall–Kier alpha value is -4.68. The van der Waals surface area contributed by atoms with Gasteiger partial charge in [0, 0.05) is 0 Å². The Kier molecular flexibility index (Phi) is 28.7. The Morgan fingerprint density at radius 3 is 1.02 bits per heavy atom. The topological polar surface area (TPSA) is 0 Å². The molecule has 0 heteroatoms. The van der Waals surface area contributed by atoms with E-state index in [4.69, 9.17) is 0 Å². The molecule has 0 aromatic heterocycles. The van der Waals surface area contributed by atoms with E-state index < -0.39 is 0 Å². The van der Waals surface area contributed by atoms with E-state index in [9.17, 15) is 0 Å². The first kappa shape index (κ1) is 57.3. The first-order valence-electron chi connectivity index (χ1n) is 24.6.